The number of carboxylic acids is 1. The quantitative estimate of drug-likeness (QED) is 0.822. The number of halogens is 1. The third-order valence-corrected chi connectivity index (χ3v) is 4.97. The Hall–Kier alpha value is -2.11. The Morgan fingerprint density at radius 1 is 1.40 bits per heavy atom. The number of nitrogens with zero attached hydrogens (tertiary/aromatic N) is 2. The summed E-state index contributed by atoms with van der Waals surface area (Å²) < 4.78 is 0. The van der Waals surface area contributed by atoms with E-state index in [1.165, 1.54) is 0 Å². The molecule has 3 rings (SSSR count). The molecule has 132 valence electrons. The minimum atomic E-state index is -0.716. The van der Waals surface area contributed by atoms with Gasteiger partial charge in [0.2, 0.25) is 0 Å². The van der Waals surface area contributed by atoms with Gasteiger partial charge in [0, 0.05) is 30.7 Å². The number of rotatable bonds is 6. The van der Waals surface area contributed by atoms with Crippen molar-refractivity contribution in [2.24, 2.45) is 5.92 Å². The van der Waals surface area contributed by atoms with Gasteiger partial charge in [-0.25, -0.2) is 4.98 Å². The summed E-state index contributed by atoms with van der Waals surface area (Å²) in [4.78, 5) is 17.6. The zero-order valence-corrected chi connectivity index (χ0v) is 15.1. The molecule has 0 amide bonds. The van der Waals surface area contributed by atoms with Crippen LogP contribution in [-0.2, 0) is 11.3 Å². The van der Waals surface area contributed by atoms with Crippen LogP contribution in [0.3, 0.4) is 0 Å². The van der Waals surface area contributed by atoms with Crippen molar-refractivity contribution in [2.75, 3.05) is 18.4 Å². The minimum absolute atomic E-state index is 0.110. The number of aliphatic carboxylic acids is 1. The molecule has 1 atom stereocenters. The highest BCUT2D eigenvalue weighted by atomic mass is 35.5. The fraction of sp³-hybridized carbons (Fsp3) is 0.368. The number of aryl methyl sites for hydroxylation is 1. The van der Waals surface area contributed by atoms with E-state index in [0.29, 0.717) is 19.6 Å². The molecule has 2 heterocycles. The summed E-state index contributed by atoms with van der Waals surface area (Å²) in [5.74, 6) is -0.144. The Morgan fingerprint density at radius 3 is 2.84 bits per heavy atom. The Kier molecular flexibility index (Phi) is 5.25. The lowest BCUT2D eigenvalue weighted by Gasteiger charge is -2.36. The Morgan fingerprint density at radius 2 is 2.16 bits per heavy atom. The highest BCUT2D eigenvalue weighted by Gasteiger charge is 2.32. The average molecular weight is 360 g/mol. The van der Waals surface area contributed by atoms with Gasteiger partial charge in [0.1, 0.15) is 5.82 Å². The van der Waals surface area contributed by atoms with Crippen molar-refractivity contribution in [2.45, 2.75) is 26.4 Å². The first-order valence-corrected chi connectivity index (χ1v) is 8.74. The Bertz CT molecular complexity index is 775. The van der Waals surface area contributed by atoms with Crippen LogP contribution >= 0.6 is 11.6 Å². The van der Waals surface area contributed by atoms with Crippen LogP contribution < -0.4 is 5.32 Å². The molecule has 1 aromatic heterocycles. The largest absolute Gasteiger partial charge is 0.481 e. The topological polar surface area (TPSA) is 65.5 Å². The van der Waals surface area contributed by atoms with Crippen molar-refractivity contribution in [1.29, 1.82) is 0 Å². The average Bonchev–Trinajstić information content (AvgIpc) is 2.53. The van der Waals surface area contributed by atoms with Crippen LogP contribution in [-0.4, -0.2) is 34.0 Å². The molecule has 1 aliphatic rings. The van der Waals surface area contributed by atoms with E-state index in [2.05, 4.69) is 28.2 Å². The first-order chi connectivity index (χ1) is 11.9. The summed E-state index contributed by atoms with van der Waals surface area (Å²) >= 11 is 6.09. The van der Waals surface area contributed by atoms with Gasteiger partial charge in [-0.15, -0.1) is 0 Å². The molecule has 1 aromatic carbocycles. The van der Waals surface area contributed by atoms with Crippen molar-refractivity contribution in [3.63, 3.8) is 0 Å². The van der Waals surface area contributed by atoms with Gasteiger partial charge in [-0.2, -0.15) is 0 Å². The molecule has 1 saturated heterocycles. The zero-order valence-electron chi connectivity index (χ0n) is 14.4. The molecule has 0 unspecified atom stereocenters. The van der Waals surface area contributed by atoms with Gasteiger partial charge in [0.05, 0.1) is 11.6 Å². The van der Waals surface area contributed by atoms with Crippen LogP contribution in [0, 0.1) is 12.8 Å². The third kappa shape index (κ3) is 4.30. The van der Waals surface area contributed by atoms with Gasteiger partial charge in [-0.3, -0.25) is 9.69 Å². The fourth-order valence-electron chi connectivity index (χ4n) is 2.97. The summed E-state index contributed by atoms with van der Waals surface area (Å²) in [6, 6.07) is 12.0. The maximum Gasteiger partial charge on any atom is 0.309 e. The lowest BCUT2D eigenvalue weighted by atomic mass is 10.0. The Balaban J connectivity index is 1.61. The summed E-state index contributed by atoms with van der Waals surface area (Å²) in [7, 11) is 0. The zero-order chi connectivity index (χ0) is 18.0. The summed E-state index contributed by atoms with van der Waals surface area (Å²) in [5.41, 5.74) is 3.15. The molecule has 25 heavy (non-hydrogen) atoms. The second-order valence-corrected chi connectivity index (χ2v) is 7.03. The Labute approximate surface area is 152 Å². The van der Waals surface area contributed by atoms with E-state index in [1.807, 2.05) is 37.3 Å². The number of likely N-dealkylation sites (tertiary alicyclic amines) is 1. The molecule has 0 saturated carbocycles. The predicted octanol–water partition coefficient (Wildman–Crippen LogP) is 3.73. The lowest BCUT2D eigenvalue weighted by molar-refractivity contribution is -0.147. The van der Waals surface area contributed by atoms with Crippen molar-refractivity contribution in [1.82, 2.24) is 9.88 Å². The number of pyridine rings is 1. The van der Waals surface area contributed by atoms with Gasteiger partial charge < -0.3 is 10.4 Å². The van der Waals surface area contributed by atoms with Crippen LogP contribution in [0.1, 0.15) is 29.8 Å². The van der Waals surface area contributed by atoms with Crippen molar-refractivity contribution >= 4 is 23.4 Å². The van der Waals surface area contributed by atoms with E-state index < -0.39 is 5.97 Å². The second-order valence-electron chi connectivity index (χ2n) is 6.62. The molecule has 5 nitrogen and oxygen atoms in total. The summed E-state index contributed by atoms with van der Waals surface area (Å²) in [6.07, 6.45) is 0. The first-order valence-electron chi connectivity index (χ1n) is 8.36. The number of carboxylic acid groups (broad SMARTS) is 1. The van der Waals surface area contributed by atoms with Crippen LogP contribution in [0.25, 0.3) is 0 Å². The molecule has 2 N–H and O–H groups in total. The summed E-state index contributed by atoms with van der Waals surface area (Å²) in [6.45, 7) is 5.94. The SMILES string of the molecule is Cc1cc([C@@H](C)Nc2cccc(CN3CC(C(=O)O)C3)n2)ccc1Cl. The van der Waals surface area contributed by atoms with Crippen molar-refractivity contribution < 1.29 is 9.90 Å². The molecule has 1 fully saturated rings. The smallest absolute Gasteiger partial charge is 0.309 e. The van der Waals surface area contributed by atoms with Crippen LogP contribution in [0.5, 0.6) is 0 Å². The van der Waals surface area contributed by atoms with E-state index in [4.69, 9.17) is 16.7 Å². The highest BCUT2D eigenvalue weighted by Crippen LogP contribution is 2.24. The molecular formula is C19H22ClN3O2. The number of hydrogen-bond acceptors (Lipinski definition) is 4. The van der Waals surface area contributed by atoms with Crippen LogP contribution in [0.2, 0.25) is 5.02 Å². The number of nitrogens with one attached hydrogen (secondary N) is 1. The van der Waals surface area contributed by atoms with E-state index >= 15 is 0 Å². The number of carbonyl (C=O) groups is 1. The molecule has 6 heteroatoms. The number of benzene rings is 1. The highest BCUT2D eigenvalue weighted by molar-refractivity contribution is 6.31. The first kappa shape index (κ1) is 17.7. The number of anilines is 1. The van der Waals surface area contributed by atoms with Crippen LogP contribution in [0.15, 0.2) is 36.4 Å². The standard InChI is InChI=1S/C19H22ClN3O2/c1-12-8-14(6-7-17(12)20)13(2)21-18-5-3-4-16(22-18)11-23-9-15(10-23)19(24)25/h3-8,13,15H,9-11H2,1-2H3,(H,21,22)(H,24,25)/t13-/m1/s1. The van der Waals surface area contributed by atoms with Gasteiger partial charge in [-0.05, 0) is 43.2 Å². The van der Waals surface area contributed by atoms with Gasteiger partial charge in [0.15, 0.2) is 0 Å². The molecule has 0 radical (unpaired) electrons. The number of aromatic nitrogens is 1. The summed E-state index contributed by atoms with van der Waals surface area (Å²) in [5, 5.41) is 13.1. The van der Waals surface area contributed by atoms with Gasteiger partial charge in [0.25, 0.3) is 0 Å². The van der Waals surface area contributed by atoms with Crippen LogP contribution in [0.4, 0.5) is 5.82 Å². The van der Waals surface area contributed by atoms with Crippen molar-refractivity contribution in [3.8, 4) is 0 Å². The fourth-order valence-corrected chi connectivity index (χ4v) is 3.09. The second kappa shape index (κ2) is 7.42. The lowest BCUT2D eigenvalue weighted by Crippen LogP contribution is -2.49. The molecule has 0 aliphatic carbocycles. The maximum absolute atomic E-state index is 10.9. The van der Waals surface area contributed by atoms with E-state index in [0.717, 1.165) is 27.7 Å². The molecule has 1 aliphatic heterocycles. The minimum Gasteiger partial charge on any atom is -0.481 e. The van der Waals surface area contributed by atoms with E-state index in [-0.39, 0.29) is 12.0 Å². The maximum atomic E-state index is 10.9. The molecule has 0 spiro atoms. The van der Waals surface area contributed by atoms with Gasteiger partial charge >= 0.3 is 5.97 Å². The monoisotopic (exact) mass is 359 g/mol. The van der Waals surface area contributed by atoms with E-state index in [9.17, 15) is 4.79 Å². The molecular weight excluding hydrogens is 338 g/mol. The molecule has 0 bridgehead atoms. The van der Waals surface area contributed by atoms with Gasteiger partial charge in [-0.1, -0.05) is 29.8 Å². The van der Waals surface area contributed by atoms with Crippen molar-refractivity contribution in [3.05, 3.63) is 58.2 Å². The normalized spacial score (nSPS) is 16.3. The third-order valence-electron chi connectivity index (χ3n) is 4.55. The van der Waals surface area contributed by atoms with E-state index in [1.54, 1.807) is 0 Å². The predicted molar refractivity (Wildman–Crippen MR) is 98.9 cm³/mol. The number of hydrogen-bond donors (Lipinski definition) is 2. The molecule has 2 aromatic rings.